The van der Waals surface area contributed by atoms with Gasteiger partial charge in [-0.25, -0.2) is 4.98 Å². The Morgan fingerprint density at radius 2 is 2.08 bits per heavy atom. The molecule has 1 aliphatic rings. The Balaban J connectivity index is 1.63. The molecule has 1 aliphatic heterocycles. The molecule has 1 unspecified atom stereocenters. The predicted molar refractivity (Wildman–Crippen MR) is 101 cm³/mol. The van der Waals surface area contributed by atoms with Crippen molar-refractivity contribution in [3.63, 3.8) is 0 Å². The Labute approximate surface area is 149 Å². The fraction of sp³-hybridized carbons (Fsp3) is 0.421. The van der Waals surface area contributed by atoms with E-state index in [9.17, 15) is 5.26 Å². The number of pyridine rings is 2. The van der Waals surface area contributed by atoms with Gasteiger partial charge in [0.1, 0.15) is 11.9 Å². The number of rotatable bonds is 4. The third-order valence-corrected chi connectivity index (χ3v) is 4.56. The molecule has 3 heterocycles. The molecule has 3 rings (SSSR count). The SMILES string of the molecule is CN(C)c1ccc(NC2CCCN(c3ccncc3C#N)CC2)cn1. The minimum atomic E-state index is 0.421. The highest BCUT2D eigenvalue weighted by molar-refractivity contribution is 5.58. The van der Waals surface area contributed by atoms with Crippen molar-refractivity contribution in [2.24, 2.45) is 0 Å². The molecule has 0 spiro atoms. The number of nitriles is 1. The van der Waals surface area contributed by atoms with Gasteiger partial charge in [-0.1, -0.05) is 0 Å². The average molecular weight is 336 g/mol. The topological polar surface area (TPSA) is 68.1 Å². The minimum absolute atomic E-state index is 0.421. The van der Waals surface area contributed by atoms with Crippen LogP contribution >= 0.6 is 0 Å². The molecule has 1 saturated heterocycles. The molecule has 25 heavy (non-hydrogen) atoms. The third-order valence-electron chi connectivity index (χ3n) is 4.56. The molecule has 0 saturated carbocycles. The van der Waals surface area contributed by atoms with Gasteiger partial charge in [-0.05, 0) is 37.5 Å². The van der Waals surface area contributed by atoms with Crippen molar-refractivity contribution in [3.8, 4) is 6.07 Å². The van der Waals surface area contributed by atoms with Gasteiger partial charge in [0.25, 0.3) is 0 Å². The van der Waals surface area contributed by atoms with Crippen molar-refractivity contribution in [1.82, 2.24) is 9.97 Å². The molecular formula is C19H24N6. The van der Waals surface area contributed by atoms with Gasteiger partial charge >= 0.3 is 0 Å². The van der Waals surface area contributed by atoms with E-state index in [1.54, 1.807) is 12.4 Å². The lowest BCUT2D eigenvalue weighted by Crippen LogP contribution is -2.26. The summed E-state index contributed by atoms with van der Waals surface area (Å²) in [7, 11) is 3.98. The fourth-order valence-electron chi connectivity index (χ4n) is 3.20. The summed E-state index contributed by atoms with van der Waals surface area (Å²) in [5, 5.41) is 12.9. The largest absolute Gasteiger partial charge is 0.381 e. The Kier molecular flexibility index (Phi) is 5.34. The first-order chi connectivity index (χ1) is 12.2. The molecule has 1 fully saturated rings. The highest BCUT2D eigenvalue weighted by atomic mass is 15.1. The van der Waals surface area contributed by atoms with Gasteiger partial charge in [0.2, 0.25) is 0 Å². The van der Waals surface area contributed by atoms with Crippen molar-refractivity contribution >= 4 is 17.2 Å². The normalized spacial score (nSPS) is 17.5. The van der Waals surface area contributed by atoms with Gasteiger partial charge in [-0.2, -0.15) is 5.26 Å². The van der Waals surface area contributed by atoms with Gasteiger partial charge in [0, 0.05) is 45.6 Å². The number of nitrogens with zero attached hydrogens (tertiary/aromatic N) is 5. The average Bonchev–Trinajstić information content (AvgIpc) is 2.87. The second kappa shape index (κ2) is 7.84. The van der Waals surface area contributed by atoms with E-state index in [0.717, 1.165) is 49.5 Å². The summed E-state index contributed by atoms with van der Waals surface area (Å²) in [6.07, 6.45) is 8.53. The van der Waals surface area contributed by atoms with Crippen LogP contribution in [0, 0.1) is 11.3 Å². The molecule has 1 atom stereocenters. The second-order valence-electron chi connectivity index (χ2n) is 6.56. The van der Waals surface area contributed by atoms with Crippen molar-refractivity contribution in [1.29, 1.82) is 5.26 Å². The molecule has 0 bridgehead atoms. The number of nitrogens with one attached hydrogen (secondary N) is 1. The molecule has 1 N–H and O–H groups in total. The van der Waals surface area contributed by atoms with Gasteiger partial charge in [0.15, 0.2) is 0 Å². The van der Waals surface area contributed by atoms with E-state index in [-0.39, 0.29) is 0 Å². The minimum Gasteiger partial charge on any atom is -0.381 e. The van der Waals surface area contributed by atoms with E-state index >= 15 is 0 Å². The summed E-state index contributed by atoms with van der Waals surface area (Å²) in [5.41, 5.74) is 2.71. The lowest BCUT2D eigenvalue weighted by atomic mass is 10.1. The zero-order valence-corrected chi connectivity index (χ0v) is 14.8. The molecule has 0 amide bonds. The van der Waals surface area contributed by atoms with Gasteiger partial charge in [0.05, 0.1) is 23.1 Å². The van der Waals surface area contributed by atoms with Gasteiger partial charge < -0.3 is 15.1 Å². The molecule has 6 nitrogen and oxygen atoms in total. The number of hydrogen-bond acceptors (Lipinski definition) is 6. The van der Waals surface area contributed by atoms with Crippen LogP contribution in [-0.4, -0.2) is 43.2 Å². The van der Waals surface area contributed by atoms with Gasteiger partial charge in [-0.15, -0.1) is 0 Å². The Morgan fingerprint density at radius 1 is 1.20 bits per heavy atom. The van der Waals surface area contributed by atoms with Crippen molar-refractivity contribution in [2.45, 2.75) is 25.3 Å². The molecule has 6 heteroatoms. The summed E-state index contributed by atoms with van der Waals surface area (Å²) in [5.74, 6) is 0.958. The Morgan fingerprint density at radius 3 is 2.80 bits per heavy atom. The number of hydrogen-bond donors (Lipinski definition) is 1. The van der Waals surface area contributed by atoms with Crippen molar-refractivity contribution < 1.29 is 0 Å². The van der Waals surface area contributed by atoms with Crippen LogP contribution in [0.1, 0.15) is 24.8 Å². The highest BCUT2D eigenvalue weighted by Gasteiger charge is 2.19. The lowest BCUT2D eigenvalue weighted by molar-refractivity contribution is 0.639. The van der Waals surface area contributed by atoms with Crippen molar-refractivity contribution in [3.05, 3.63) is 42.4 Å². The zero-order valence-electron chi connectivity index (χ0n) is 14.8. The van der Waals surface area contributed by atoms with E-state index in [1.165, 1.54) is 0 Å². The van der Waals surface area contributed by atoms with Crippen LogP contribution in [0.4, 0.5) is 17.2 Å². The summed E-state index contributed by atoms with van der Waals surface area (Å²) >= 11 is 0. The van der Waals surface area contributed by atoms with Crippen molar-refractivity contribution in [2.75, 3.05) is 42.3 Å². The molecular weight excluding hydrogens is 312 g/mol. The van der Waals surface area contributed by atoms with E-state index in [1.807, 2.05) is 37.3 Å². The third kappa shape index (κ3) is 4.18. The zero-order chi connectivity index (χ0) is 17.6. The highest BCUT2D eigenvalue weighted by Crippen LogP contribution is 2.24. The van der Waals surface area contributed by atoms with E-state index in [4.69, 9.17) is 0 Å². The van der Waals surface area contributed by atoms with Crippen LogP contribution in [-0.2, 0) is 0 Å². The smallest absolute Gasteiger partial charge is 0.128 e. The van der Waals surface area contributed by atoms with Crippen LogP contribution in [0.15, 0.2) is 36.8 Å². The molecule has 0 radical (unpaired) electrons. The van der Waals surface area contributed by atoms with E-state index in [0.29, 0.717) is 11.6 Å². The standard InChI is InChI=1S/C19H24N6/c1-24(2)19-6-5-17(14-22-19)23-16-4-3-10-25(11-8-16)18-7-9-21-13-15(18)12-20/h5-7,9,13-14,16,23H,3-4,8,10-11H2,1-2H3. The number of aromatic nitrogens is 2. The van der Waals surface area contributed by atoms with Gasteiger partial charge in [-0.3, -0.25) is 4.98 Å². The summed E-state index contributed by atoms with van der Waals surface area (Å²) in [4.78, 5) is 12.8. The molecule has 2 aromatic rings. The molecule has 0 aliphatic carbocycles. The summed E-state index contributed by atoms with van der Waals surface area (Å²) in [6, 6.07) is 8.72. The first-order valence-corrected chi connectivity index (χ1v) is 8.66. The summed E-state index contributed by atoms with van der Waals surface area (Å²) in [6.45, 7) is 1.90. The maximum Gasteiger partial charge on any atom is 0.128 e. The van der Waals surface area contributed by atoms with E-state index in [2.05, 4.69) is 32.3 Å². The summed E-state index contributed by atoms with van der Waals surface area (Å²) < 4.78 is 0. The maximum absolute atomic E-state index is 9.29. The number of anilines is 3. The lowest BCUT2D eigenvalue weighted by Gasteiger charge is -2.24. The Bertz CT molecular complexity index is 734. The van der Waals surface area contributed by atoms with Crippen LogP contribution in [0.3, 0.4) is 0 Å². The quantitative estimate of drug-likeness (QED) is 0.926. The molecule has 0 aromatic carbocycles. The van der Waals surface area contributed by atoms with E-state index < -0.39 is 0 Å². The Hall–Kier alpha value is -2.81. The van der Waals surface area contributed by atoms with Crippen LogP contribution < -0.4 is 15.1 Å². The first-order valence-electron chi connectivity index (χ1n) is 8.66. The first kappa shape index (κ1) is 17.0. The molecule has 2 aromatic heterocycles. The predicted octanol–water partition coefficient (Wildman–Crippen LogP) is 2.89. The van der Waals surface area contributed by atoms with Crippen LogP contribution in [0.25, 0.3) is 0 Å². The van der Waals surface area contributed by atoms with Crippen LogP contribution in [0.2, 0.25) is 0 Å². The second-order valence-corrected chi connectivity index (χ2v) is 6.56. The maximum atomic E-state index is 9.29. The fourth-order valence-corrected chi connectivity index (χ4v) is 3.20. The molecule has 130 valence electrons. The monoisotopic (exact) mass is 336 g/mol. The van der Waals surface area contributed by atoms with Crippen LogP contribution in [0.5, 0.6) is 0 Å².